The van der Waals surface area contributed by atoms with Crippen LogP contribution in [0.5, 0.6) is 0 Å². The van der Waals surface area contributed by atoms with E-state index in [-0.39, 0.29) is 23.5 Å². The molecule has 0 spiro atoms. The molecule has 2 fully saturated rings. The zero-order valence-corrected chi connectivity index (χ0v) is 21.5. The minimum atomic E-state index is -0.391. The van der Waals surface area contributed by atoms with Gasteiger partial charge in [0.1, 0.15) is 6.04 Å². The number of hydrogen-bond acceptors (Lipinski definition) is 7. The Morgan fingerprint density at radius 3 is 2.56 bits per heavy atom. The van der Waals surface area contributed by atoms with Gasteiger partial charge in [0.25, 0.3) is 5.56 Å². The van der Waals surface area contributed by atoms with Gasteiger partial charge < -0.3 is 9.72 Å². The number of piperidine rings is 1. The van der Waals surface area contributed by atoms with E-state index in [0.29, 0.717) is 43.9 Å². The number of H-pyrrole nitrogens is 1. The van der Waals surface area contributed by atoms with Crippen molar-refractivity contribution in [1.82, 2.24) is 30.1 Å². The molecule has 0 radical (unpaired) electrons. The first kappa shape index (κ1) is 24.6. The number of carbonyl (C=O) groups excluding carboxylic acids is 1. The maximum Gasteiger partial charge on any atom is 0.309 e. The molecule has 36 heavy (non-hydrogen) atoms. The second-order valence-electron chi connectivity index (χ2n) is 10.3. The van der Waals surface area contributed by atoms with Crippen LogP contribution < -0.4 is 5.56 Å². The summed E-state index contributed by atoms with van der Waals surface area (Å²) in [6.07, 6.45) is 7.02. The monoisotopic (exact) mass is 492 g/mol. The normalized spacial score (nSPS) is 19.0. The van der Waals surface area contributed by atoms with Crippen LogP contribution in [0.3, 0.4) is 0 Å². The van der Waals surface area contributed by atoms with Crippen molar-refractivity contribution in [3.63, 3.8) is 0 Å². The smallest absolute Gasteiger partial charge is 0.309 e. The van der Waals surface area contributed by atoms with E-state index < -0.39 is 6.04 Å². The summed E-state index contributed by atoms with van der Waals surface area (Å²) in [6.45, 7) is 7.63. The summed E-state index contributed by atoms with van der Waals surface area (Å²) in [5.41, 5.74) is 3.55. The molecule has 1 saturated heterocycles. The molecule has 1 aliphatic carbocycles. The predicted molar refractivity (Wildman–Crippen MR) is 137 cm³/mol. The van der Waals surface area contributed by atoms with Crippen molar-refractivity contribution in [1.29, 1.82) is 0 Å². The van der Waals surface area contributed by atoms with Crippen LogP contribution in [0.1, 0.15) is 86.5 Å². The molecule has 9 heteroatoms. The summed E-state index contributed by atoms with van der Waals surface area (Å²) in [7, 11) is 0. The maximum atomic E-state index is 13.6. The average Bonchev–Trinajstić information content (AvgIpc) is 3.38. The van der Waals surface area contributed by atoms with Gasteiger partial charge in [0.2, 0.25) is 0 Å². The third-order valence-electron chi connectivity index (χ3n) is 7.97. The Morgan fingerprint density at radius 2 is 1.83 bits per heavy atom. The van der Waals surface area contributed by atoms with E-state index in [1.807, 2.05) is 30.7 Å². The number of nitrogens with zero attached hydrogens (tertiary/aromatic N) is 5. The van der Waals surface area contributed by atoms with E-state index in [1.165, 1.54) is 6.42 Å². The third-order valence-corrected chi connectivity index (χ3v) is 7.97. The first-order chi connectivity index (χ1) is 17.5. The number of rotatable bonds is 6. The van der Waals surface area contributed by atoms with Crippen LogP contribution >= 0.6 is 0 Å². The highest BCUT2D eigenvalue weighted by molar-refractivity contribution is 5.85. The van der Waals surface area contributed by atoms with Crippen molar-refractivity contribution in [3.8, 4) is 0 Å². The molecule has 1 aromatic carbocycles. The van der Waals surface area contributed by atoms with E-state index in [1.54, 1.807) is 0 Å². The standard InChI is InChI=1S/C27H36N6O3/c1-4-36-27(35)19-12-14-32(15-13-19)24(25-29-30-31-33(25)20-8-6-5-7-9-20)22-16-21-17(2)10-11-18(3)23(21)28-26(22)34/h10-11,16,19-20,24H,4-9,12-15H2,1-3H3,(H,28,34)/t24-/m0/s1. The lowest BCUT2D eigenvalue weighted by Crippen LogP contribution is -2.42. The lowest BCUT2D eigenvalue weighted by atomic mass is 9.92. The Morgan fingerprint density at radius 1 is 1.11 bits per heavy atom. The molecule has 192 valence electrons. The zero-order chi connectivity index (χ0) is 25.2. The Balaban J connectivity index is 1.57. The van der Waals surface area contributed by atoms with E-state index in [9.17, 15) is 9.59 Å². The van der Waals surface area contributed by atoms with Gasteiger partial charge in [-0.25, -0.2) is 4.68 Å². The van der Waals surface area contributed by atoms with Crippen LogP contribution in [0.4, 0.5) is 0 Å². The number of esters is 1. The second-order valence-corrected chi connectivity index (χ2v) is 10.3. The number of carbonyl (C=O) groups is 1. The fraction of sp³-hybridized carbons (Fsp3) is 0.593. The number of benzene rings is 1. The van der Waals surface area contributed by atoms with Crippen LogP contribution in [0.25, 0.3) is 10.9 Å². The van der Waals surface area contributed by atoms with Crippen molar-refractivity contribution in [2.75, 3.05) is 19.7 Å². The van der Waals surface area contributed by atoms with Gasteiger partial charge in [0.05, 0.1) is 24.1 Å². The lowest BCUT2D eigenvalue weighted by Gasteiger charge is -2.36. The van der Waals surface area contributed by atoms with Gasteiger partial charge in [-0.2, -0.15) is 0 Å². The molecule has 3 aromatic rings. The van der Waals surface area contributed by atoms with Gasteiger partial charge in [0.15, 0.2) is 5.82 Å². The summed E-state index contributed by atoms with van der Waals surface area (Å²) in [5, 5.41) is 14.0. The average molecular weight is 493 g/mol. The first-order valence-corrected chi connectivity index (χ1v) is 13.3. The molecule has 2 aliphatic rings. The number of aryl methyl sites for hydroxylation is 2. The number of aromatic nitrogens is 5. The molecule has 1 saturated carbocycles. The van der Waals surface area contributed by atoms with Crippen LogP contribution in [0.15, 0.2) is 23.0 Å². The number of pyridine rings is 1. The SMILES string of the molecule is CCOC(=O)C1CCN([C@@H](c2cc3c(C)ccc(C)c3[nH]c2=O)c2nnnn2C2CCCCC2)CC1. The lowest BCUT2D eigenvalue weighted by molar-refractivity contribution is -0.149. The first-order valence-electron chi connectivity index (χ1n) is 13.3. The van der Waals surface area contributed by atoms with Gasteiger partial charge in [-0.15, -0.1) is 5.10 Å². The number of hydrogen-bond donors (Lipinski definition) is 1. The Labute approximate surface area is 211 Å². The Kier molecular flexibility index (Phi) is 7.18. The minimum absolute atomic E-state index is 0.115. The maximum absolute atomic E-state index is 13.6. The van der Waals surface area contributed by atoms with Crippen molar-refractivity contribution in [2.24, 2.45) is 5.92 Å². The summed E-state index contributed by atoms with van der Waals surface area (Å²) in [6, 6.07) is 6.00. The van der Waals surface area contributed by atoms with Crippen LogP contribution in [0, 0.1) is 19.8 Å². The van der Waals surface area contributed by atoms with Crippen molar-refractivity contribution in [3.05, 3.63) is 51.1 Å². The predicted octanol–water partition coefficient (Wildman–Crippen LogP) is 4.00. The van der Waals surface area contributed by atoms with Crippen LogP contribution in [0.2, 0.25) is 0 Å². The molecular formula is C27H36N6O3. The largest absolute Gasteiger partial charge is 0.466 e. The quantitative estimate of drug-likeness (QED) is 0.518. The molecule has 2 aromatic heterocycles. The van der Waals surface area contributed by atoms with Gasteiger partial charge in [-0.05, 0) is 74.1 Å². The molecule has 0 unspecified atom stereocenters. The van der Waals surface area contributed by atoms with Crippen molar-refractivity contribution < 1.29 is 9.53 Å². The Bertz CT molecular complexity index is 1280. The van der Waals surface area contributed by atoms with E-state index >= 15 is 0 Å². The van der Waals surface area contributed by atoms with E-state index in [4.69, 9.17) is 4.74 Å². The fourth-order valence-corrected chi connectivity index (χ4v) is 5.91. The number of tetrazole rings is 1. The molecule has 0 amide bonds. The number of aromatic amines is 1. The highest BCUT2D eigenvalue weighted by Crippen LogP contribution is 2.35. The summed E-state index contributed by atoms with van der Waals surface area (Å²) < 4.78 is 7.24. The molecule has 3 heterocycles. The van der Waals surface area contributed by atoms with Gasteiger partial charge in [0, 0.05) is 24.0 Å². The zero-order valence-electron chi connectivity index (χ0n) is 21.5. The summed E-state index contributed by atoms with van der Waals surface area (Å²) >= 11 is 0. The number of nitrogens with one attached hydrogen (secondary N) is 1. The van der Waals surface area contributed by atoms with Gasteiger partial charge in [-0.3, -0.25) is 14.5 Å². The Hall–Kier alpha value is -3.07. The molecule has 5 rings (SSSR count). The molecule has 0 bridgehead atoms. The topological polar surface area (TPSA) is 106 Å². The summed E-state index contributed by atoms with van der Waals surface area (Å²) in [4.78, 5) is 31.4. The van der Waals surface area contributed by atoms with Crippen molar-refractivity contribution >= 4 is 16.9 Å². The van der Waals surface area contributed by atoms with E-state index in [0.717, 1.165) is 47.7 Å². The summed E-state index contributed by atoms with van der Waals surface area (Å²) in [5.74, 6) is 0.470. The second kappa shape index (κ2) is 10.5. The number of ether oxygens (including phenoxy) is 1. The molecular weight excluding hydrogens is 456 g/mol. The van der Waals surface area contributed by atoms with Gasteiger partial charge >= 0.3 is 5.97 Å². The van der Waals surface area contributed by atoms with E-state index in [2.05, 4.69) is 38.4 Å². The van der Waals surface area contributed by atoms with Gasteiger partial charge in [-0.1, -0.05) is 31.4 Å². The van der Waals surface area contributed by atoms with Crippen molar-refractivity contribution in [2.45, 2.75) is 77.8 Å². The molecule has 1 N–H and O–H groups in total. The molecule has 1 aliphatic heterocycles. The highest BCUT2D eigenvalue weighted by Gasteiger charge is 2.36. The molecule has 9 nitrogen and oxygen atoms in total. The van der Waals surface area contributed by atoms with Crippen LogP contribution in [-0.4, -0.2) is 55.8 Å². The highest BCUT2D eigenvalue weighted by atomic mass is 16.5. The number of likely N-dealkylation sites (tertiary alicyclic amines) is 1. The fourth-order valence-electron chi connectivity index (χ4n) is 5.91. The molecule has 1 atom stereocenters. The van der Waals surface area contributed by atoms with Crippen LogP contribution in [-0.2, 0) is 9.53 Å². The minimum Gasteiger partial charge on any atom is -0.466 e. The number of fused-ring (bicyclic) bond motifs is 1. The third kappa shape index (κ3) is 4.68.